The van der Waals surface area contributed by atoms with Gasteiger partial charge >= 0.3 is 5.97 Å². The summed E-state index contributed by atoms with van der Waals surface area (Å²) in [4.78, 5) is 13.2. The van der Waals surface area contributed by atoms with E-state index in [1.165, 1.54) is 12.1 Å². The summed E-state index contributed by atoms with van der Waals surface area (Å²) in [6.45, 7) is 3.89. The van der Waals surface area contributed by atoms with E-state index >= 15 is 0 Å². The number of rotatable bonds is 4. The second kappa shape index (κ2) is 5.53. The lowest BCUT2D eigenvalue weighted by molar-refractivity contribution is -0.147. The lowest BCUT2D eigenvalue weighted by Gasteiger charge is -2.18. The molecule has 1 aromatic rings. The molecule has 0 saturated carbocycles. The molecule has 0 aromatic heterocycles. The third-order valence-corrected chi connectivity index (χ3v) is 3.61. The summed E-state index contributed by atoms with van der Waals surface area (Å²) >= 11 is 0. The minimum absolute atomic E-state index is 0.242. The van der Waals surface area contributed by atoms with Gasteiger partial charge in [-0.3, -0.25) is 9.69 Å². The molecule has 1 fully saturated rings. The van der Waals surface area contributed by atoms with E-state index < -0.39 is 11.4 Å². The van der Waals surface area contributed by atoms with Crippen molar-refractivity contribution < 1.29 is 14.3 Å². The molecule has 1 heterocycles. The Bertz CT molecular complexity index is 483. The first kappa shape index (κ1) is 13.7. The molecule has 0 bridgehead atoms. The number of hydrogen-bond donors (Lipinski definition) is 1. The van der Waals surface area contributed by atoms with Crippen LogP contribution < -0.4 is 0 Å². The normalized spacial score (nSPS) is 24.1. The molecule has 3 nitrogen and oxygen atoms in total. The lowest BCUT2D eigenvalue weighted by Crippen LogP contribution is -2.31. The average molecular weight is 263 g/mol. The van der Waals surface area contributed by atoms with Crippen LogP contribution in [0.5, 0.6) is 0 Å². The zero-order valence-corrected chi connectivity index (χ0v) is 11.0. The highest BCUT2D eigenvalue weighted by Gasteiger charge is 2.39. The van der Waals surface area contributed by atoms with E-state index in [9.17, 15) is 9.18 Å². The van der Waals surface area contributed by atoms with Gasteiger partial charge in [-0.2, -0.15) is 0 Å². The van der Waals surface area contributed by atoms with E-state index in [0.717, 1.165) is 18.7 Å². The molecule has 1 atom stereocenters. The van der Waals surface area contributed by atoms with E-state index in [0.29, 0.717) is 13.0 Å². The Morgan fingerprint density at radius 3 is 2.74 bits per heavy atom. The van der Waals surface area contributed by atoms with E-state index in [2.05, 4.69) is 4.90 Å². The van der Waals surface area contributed by atoms with Crippen LogP contribution in [-0.4, -0.2) is 35.6 Å². The number of carbonyl (C=O) groups is 1. The quantitative estimate of drug-likeness (QED) is 0.907. The van der Waals surface area contributed by atoms with E-state index in [1.54, 1.807) is 19.1 Å². The highest BCUT2D eigenvalue weighted by atomic mass is 19.1. The average Bonchev–Trinajstić information content (AvgIpc) is 2.75. The Hall–Kier alpha value is -1.68. The molecule has 1 saturated heterocycles. The van der Waals surface area contributed by atoms with Crippen LogP contribution in [-0.2, 0) is 4.79 Å². The van der Waals surface area contributed by atoms with Crippen LogP contribution in [0.1, 0.15) is 18.9 Å². The Balaban J connectivity index is 1.87. The van der Waals surface area contributed by atoms with Crippen molar-refractivity contribution in [1.82, 2.24) is 4.90 Å². The zero-order valence-electron chi connectivity index (χ0n) is 11.0. The lowest BCUT2D eigenvalue weighted by atomic mass is 9.90. The topological polar surface area (TPSA) is 40.5 Å². The fourth-order valence-corrected chi connectivity index (χ4v) is 2.30. The number of halogens is 1. The summed E-state index contributed by atoms with van der Waals surface area (Å²) in [5, 5.41) is 9.14. The molecule has 4 heteroatoms. The summed E-state index contributed by atoms with van der Waals surface area (Å²) in [6.07, 6.45) is 4.60. The molecule has 0 aliphatic carbocycles. The SMILES string of the molecule is CC1(C(=O)O)CCN(C/C=C/c2ccc(F)cc2)C1. The molecule has 0 amide bonds. The van der Waals surface area contributed by atoms with Crippen LogP contribution in [0.15, 0.2) is 30.3 Å². The summed E-state index contributed by atoms with van der Waals surface area (Å²) in [6, 6.07) is 6.29. The first-order valence-corrected chi connectivity index (χ1v) is 6.37. The van der Waals surface area contributed by atoms with Crippen molar-refractivity contribution in [3.05, 3.63) is 41.7 Å². The van der Waals surface area contributed by atoms with Crippen LogP contribution in [0, 0.1) is 11.2 Å². The molecule has 1 aliphatic heterocycles. The van der Waals surface area contributed by atoms with Crippen LogP contribution in [0.3, 0.4) is 0 Å². The molecule has 2 rings (SSSR count). The Labute approximate surface area is 112 Å². The first-order chi connectivity index (χ1) is 8.99. The molecule has 0 radical (unpaired) electrons. The first-order valence-electron chi connectivity index (χ1n) is 6.37. The highest BCUT2D eigenvalue weighted by molar-refractivity contribution is 5.74. The molecule has 19 heavy (non-hydrogen) atoms. The summed E-state index contributed by atoms with van der Waals surface area (Å²) < 4.78 is 12.7. The van der Waals surface area contributed by atoms with Crippen molar-refractivity contribution in [2.45, 2.75) is 13.3 Å². The highest BCUT2D eigenvalue weighted by Crippen LogP contribution is 2.29. The van der Waals surface area contributed by atoms with Crippen molar-refractivity contribution in [2.75, 3.05) is 19.6 Å². The van der Waals surface area contributed by atoms with Gasteiger partial charge in [0.15, 0.2) is 0 Å². The van der Waals surface area contributed by atoms with Gasteiger partial charge in [0.25, 0.3) is 0 Å². The fourth-order valence-electron chi connectivity index (χ4n) is 2.30. The molecule has 1 aliphatic rings. The number of nitrogens with zero attached hydrogens (tertiary/aromatic N) is 1. The van der Waals surface area contributed by atoms with Crippen LogP contribution in [0.25, 0.3) is 6.08 Å². The monoisotopic (exact) mass is 263 g/mol. The van der Waals surface area contributed by atoms with Crippen LogP contribution >= 0.6 is 0 Å². The largest absolute Gasteiger partial charge is 0.481 e. The van der Waals surface area contributed by atoms with Crippen LogP contribution in [0.2, 0.25) is 0 Å². The van der Waals surface area contributed by atoms with Gasteiger partial charge in [0, 0.05) is 13.1 Å². The second-order valence-corrected chi connectivity index (χ2v) is 5.30. The number of aliphatic carboxylic acids is 1. The third-order valence-electron chi connectivity index (χ3n) is 3.61. The van der Waals surface area contributed by atoms with Crippen molar-refractivity contribution in [3.63, 3.8) is 0 Å². The maximum atomic E-state index is 12.7. The standard InChI is InChI=1S/C15H18FNO2/c1-15(14(18)19)8-10-17(11-15)9-2-3-12-4-6-13(16)7-5-12/h2-7H,8-11H2,1H3,(H,18,19)/b3-2+. The Kier molecular flexibility index (Phi) is 4.00. The molecular weight excluding hydrogens is 245 g/mol. The molecule has 1 aromatic carbocycles. The van der Waals surface area contributed by atoms with Gasteiger partial charge in [-0.05, 0) is 37.6 Å². The van der Waals surface area contributed by atoms with Gasteiger partial charge in [-0.25, -0.2) is 4.39 Å². The van der Waals surface area contributed by atoms with Gasteiger partial charge in [-0.1, -0.05) is 24.3 Å². The smallest absolute Gasteiger partial charge is 0.310 e. The number of carboxylic acid groups (broad SMARTS) is 1. The zero-order chi connectivity index (χ0) is 13.9. The number of carboxylic acids is 1. The van der Waals surface area contributed by atoms with Crippen molar-refractivity contribution >= 4 is 12.0 Å². The van der Waals surface area contributed by atoms with E-state index in [1.807, 2.05) is 12.2 Å². The number of benzene rings is 1. The van der Waals surface area contributed by atoms with Gasteiger partial charge in [0.2, 0.25) is 0 Å². The summed E-state index contributed by atoms with van der Waals surface area (Å²) in [7, 11) is 0. The molecular formula is C15H18FNO2. The van der Waals surface area contributed by atoms with E-state index in [4.69, 9.17) is 5.11 Å². The third kappa shape index (κ3) is 3.41. The fraction of sp³-hybridized carbons (Fsp3) is 0.400. The predicted octanol–water partition coefficient (Wildman–Crippen LogP) is 2.64. The minimum atomic E-state index is -0.725. The molecule has 0 spiro atoms. The molecule has 102 valence electrons. The van der Waals surface area contributed by atoms with Crippen molar-refractivity contribution in [3.8, 4) is 0 Å². The number of likely N-dealkylation sites (tertiary alicyclic amines) is 1. The maximum Gasteiger partial charge on any atom is 0.310 e. The Morgan fingerprint density at radius 1 is 1.47 bits per heavy atom. The maximum absolute atomic E-state index is 12.7. The summed E-state index contributed by atoms with van der Waals surface area (Å²) in [5.41, 5.74) is 0.325. The second-order valence-electron chi connectivity index (χ2n) is 5.30. The Morgan fingerprint density at radius 2 is 2.16 bits per heavy atom. The van der Waals surface area contributed by atoms with Gasteiger partial charge in [0.05, 0.1) is 5.41 Å². The van der Waals surface area contributed by atoms with Crippen molar-refractivity contribution in [2.24, 2.45) is 5.41 Å². The molecule has 1 N–H and O–H groups in total. The van der Waals surface area contributed by atoms with E-state index in [-0.39, 0.29) is 5.82 Å². The minimum Gasteiger partial charge on any atom is -0.481 e. The van der Waals surface area contributed by atoms with Crippen molar-refractivity contribution in [1.29, 1.82) is 0 Å². The van der Waals surface area contributed by atoms with Gasteiger partial charge < -0.3 is 5.11 Å². The number of hydrogen-bond acceptors (Lipinski definition) is 2. The predicted molar refractivity (Wildman–Crippen MR) is 72.2 cm³/mol. The van der Waals surface area contributed by atoms with Gasteiger partial charge in [0.1, 0.15) is 5.82 Å². The molecule has 1 unspecified atom stereocenters. The van der Waals surface area contributed by atoms with Gasteiger partial charge in [-0.15, -0.1) is 0 Å². The van der Waals surface area contributed by atoms with Crippen LogP contribution in [0.4, 0.5) is 4.39 Å². The summed E-state index contributed by atoms with van der Waals surface area (Å²) in [5.74, 6) is -0.966.